The third kappa shape index (κ3) is 1.85. The Hall–Kier alpha value is -2.83. The van der Waals surface area contributed by atoms with Gasteiger partial charge in [-0.1, -0.05) is 30.3 Å². The SMILES string of the molecule is COc1ccc2c3c1OC1C(=O)C=CC4(N(O)c5ccccc5)C(C2)N(C)CCC314. The maximum Gasteiger partial charge on any atom is 0.196 e. The third-order valence-electron chi connectivity index (χ3n) is 7.70. The average molecular weight is 404 g/mol. The number of carbonyl (C=O) groups excluding carboxylic acids is 1. The van der Waals surface area contributed by atoms with Crippen LogP contribution in [0.4, 0.5) is 5.69 Å². The molecule has 6 heteroatoms. The van der Waals surface area contributed by atoms with Gasteiger partial charge in [0.15, 0.2) is 23.4 Å². The molecule has 1 fully saturated rings. The number of hydroxylamine groups is 1. The van der Waals surface area contributed by atoms with Gasteiger partial charge in [0, 0.05) is 11.6 Å². The molecule has 2 heterocycles. The van der Waals surface area contributed by atoms with Crippen LogP contribution in [-0.2, 0) is 16.6 Å². The van der Waals surface area contributed by atoms with Gasteiger partial charge in [0.05, 0.1) is 18.2 Å². The lowest BCUT2D eigenvalue weighted by molar-refractivity contribution is -0.131. The number of likely N-dealkylation sites (N-methyl/N-ethyl adjacent to an activating group) is 1. The fraction of sp³-hybridized carbons (Fsp3) is 0.375. The first-order chi connectivity index (χ1) is 14.5. The van der Waals surface area contributed by atoms with E-state index in [1.54, 1.807) is 13.2 Å². The summed E-state index contributed by atoms with van der Waals surface area (Å²) in [6.45, 7) is 0.826. The predicted molar refractivity (Wildman–Crippen MR) is 111 cm³/mol. The summed E-state index contributed by atoms with van der Waals surface area (Å²) in [5.74, 6) is 1.24. The summed E-state index contributed by atoms with van der Waals surface area (Å²) in [5.41, 5.74) is 1.39. The number of para-hydroxylation sites is 1. The van der Waals surface area contributed by atoms with Crippen LogP contribution in [0.5, 0.6) is 11.5 Å². The van der Waals surface area contributed by atoms with Crippen LogP contribution in [0.25, 0.3) is 0 Å². The number of hydrogen-bond donors (Lipinski definition) is 1. The number of anilines is 1. The first-order valence-corrected chi connectivity index (χ1v) is 10.4. The number of benzene rings is 2. The third-order valence-corrected chi connectivity index (χ3v) is 7.70. The lowest BCUT2D eigenvalue weighted by atomic mass is 9.49. The molecule has 4 aliphatic rings. The van der Waals surface area contributed by atoms with Crippen molar-refractivity contribution in [1.29, 1.82) is 0 Å². The number of methoxy groups -OCH3 is 1. The molecule has 2 bridgehead atoms. The van der Waals surface area contributed by atoms with Crippen LogP contribution in [0.15, 0.2) is 54.6 Å². The van der Waals surface area contributed by atoms with E-state index < -0.39 is 17.1 Å². The van der Waals surface area contributed by atoms with E-state index in [1.165, 1.54) is 10.6 Å². The molecule has 0 amide bonds. The zero-order chi connectivity index (χ0) is 20.7. The summed E-state index contributed by atoms with van der Waals surface area (Å²) in [6.07, 6.45) is 4.31. The molecule has 0 aromatic heterocycles. The topological polar surface area (TPSA) is 62.2 Å². The largest absolute Gasteiger partial charge is 0.493 e. The molecule has 1 spiro atoms. The Bertz CT molecular complexity index is 1080. The molecule has 6 rings (SSSR count). The van der Waals surface area contributed by atoms with E-state index in [2.05, 4.69) is 18.0 Å². The van der Waals surface area contributed by atoms with Crippen molar-refractivity contribution < 1.29 is 19.5 Å². The number of ether oxygens (including phenoxy) is 2. The fourth-order valence-electron chi connectivity index (χ4n) is 6.46. The van der Waals surface area contributed by atoms with E-state index in [0.29, 0.717) is 23.6 Å². The van der Waals surface area contributed by atoms with Gasteiger partial charge in [-0.2, -0.15) is 0 Å². The number of piperidine rings is 1. The van der Waals surface area contributed by atoms with E-state index in [0.717, 1.165) is 18.5 Å². The van der Waals surface area contributed by atoms with Gasteiger partial charge >= 0.3 is 0 Å². The van der Waals surface area contributed by atoms with Gasteiger partial charge in [0.25, 0.3) is 0 Å². The molecule has 30 heavy (non-hydrogen) atoms. The van der Waals surface area contributed by atoms with Gasteiger partial charge in [-0.15, -0.1) is 0 Å². The number of likely N-dealkylation sites (tertiary alicyclic amines) is 1. The lowest BCUT2D eigenvalue weighted by Gasteiger charge is -2.64. The van der Waals surface area contributed by atoms with Crippen molar-refractivity contribution in [1.82, 2.24) is 4.90 Å². The second-order valence-electron chi connectivity index (χ2n) is 8.76. The predicted octanol–water partition coefficient (Wildman–Crippen LogP) is 2.73. The molecule has 2 aromatic rings. The number of nitrogens with zero attached hydrogens (tertiary/aromatic N) is 2. The smallest absolute Gasteiger partial charge is 0.196 e. The lowest BCUT2D eigenvalue weighted by Crippen LogP contribution is -2.80. The minimum Gasteiger partial charge on any atom is -0.493 e. The van der Waals surface area contributed by atoms with Crippen LogP contribution < -0.4 is 14.5 Å². The molecule has 4 unspecified atom stereocenters. The van der Waals surface area contributed by atoms with E-state index in [-0.39, 0.29) is 11.8 Å². The Kier molecular flexibility index (Phi) is 3.51. The normalized spacial score (nSPS) is 33.1. The van der Waals surface area contributed by atoms with Crippen LogP contribution in [-0.4, -0.2) is 54.3 Å². The highest BCUT2D eigenvalue weighted by Gasteiger charge is 2.74. The summed E-state index contributed by atoms with van der Waals surface area (Å²) >= 11 is 0. The Balaban J connectivity index is 1.70. The Morgan fingerprint density at radius 1 is 1.23 bits per heavy atom. The van der Waals surface area contributed by atoms with Crippen LogP contribution in [0.3, 0.4) is 0 Å². The van der Waals surface area contributed by atoms with Gasteiger partial charge in [-0.3, -0.25) is 10.0 Å². The molecule has 0 saturated carbocycles. The van der Waals surface area contributed by atoms with E-state index in [4.69, 9.17) is 9.47 Å². The molecular formula is C24H24N2O4. The maximum atomic E-state index is 13.1. The van der Waals surface area contributed by atoms with Gasteiger partial charge in [-0.05, 0) is 56.3 Å². The Morgan fingerprint density at radius 3 is 2.80 bits per heavy atom. The van der Waals surface area contributed by atoms with Crippen molar-refractivity contribution in [3.05, 3.63) is 65.7 Å². The molecule has 1 N–H and O–H groups in total. The Labute approximate surface area is 175 Å². The van der Waals surface area contributed by atoms with E-state index in [9.17, 15) is 10.0 Å². The van der Waals surface area contributed by atoms with Crippen LogP contribution in [0.1, 0.15) is 17.5 Å². The standard InChI is InChI=1S/C24H24N2O4/c1-25-13-12-23-20-15-8-9-18(29-2)21(20)30-22(23)17(27)10-11-24(23,19(25)14-15)26(28)16-6-4-3-5-7-16/h3-11,19,22,28H,12-14H2,1-2H3. The minimum atomic E-state index is -0.829. The highest BCUT2D eigenvalue weighted by molar-refractivity contribution is 5.99. The van der Waals surface area contributed by atoms with Crippen molar-refractivity contribution in [2.24, 2.45) is 0 Å². The molecule has 6 nitrogen and oxygen atoms in total. The van der Waals surface area contributed by atoms with Gasteiger partial charge in [-0.25, -0.2) is 5.06 Å². The number of ketones is 1. The summed E-state index contributed by atoms with van der Waals surface area (Å²) < 4.78 is 12.0. The molecule has 2 aromatic carbocycles. The van der Waals surface area contributed by atoms with Crippen molar-refractivity contribution >= 4 is 11.5 Å². The van der Waals surface area contributed by atoms with Crippen molar-refractivity contribution in [3.63, 3.8) is 0 Å². The summed E-state index contributed by atoms with van der Waals surface area (Å²) in [7, 11) is 3.72. The van der Waals surface area contributed by atoms with E-state index in [1.807, 2.05) is 42.5 Å². The van der Waals surface area contributed by atoms with Crippen LogP contribution in [0.2, 0.25) is 0 Å². The second kappa shape index (κ2) is 5.86. The van der Waals surface area contributed by atoms with Gasteiger partial charge in [0.2, 0.25) is 0 Å². The van der Waals surface area contributed by atoms with Crippen molar-refractivity contribution in [3.8, 4) is 11.5 Å². The monoisotopic (exact) mass is 404 g/mol. The number of carbonyl (C=O) groups is 1. The molecule has 1 saturated heterocycles. The van der Waals surface area contributed by atoms with Crippen LogP contribution in [0, 0.1) is 0 Å². The Morgan fingerprint density at radius 2 is 2.03 bits per heavy atom. The molecule has 2 aliphatic carbocycles. The van der Waals surface area contributed by atoms with Gasteiger partial charge in [0.1, 0.15) is 5.54 Å². The highest BCUT2D eigenvalue weighted by atomic mass is 16.5. The fourth-order valence-corrected chi connectivity index (χ4v) is 6.46. The summed E-state index contributed by atoms with van der Waals surface area (Å²) in [5, 5.41) is 13.2. The molecule has 2 aliphatic heterocycles. The summed E-state index contributed by atoms with van der Waals surface area (Å²) in [4.78, 5) is 15.4. The molecular weight excluding hydrogens is 380 g/mol. The first kappa shape index (κ1) is 18.0. The zero-order valence-electron chi connectivity index (χ0n) is 17.0. The molecule has 0 radical (unpaired) electrons. The number of rotatable bonds is 3. The van der Waals surface area contributed by atoms with Crippen LogP contribution >= 0.6 is 0 Å². The number of hydrogen-bond acceptors (Lipinski definition) is 6. The molecule has 154 valence electrons. The zero-order valence-corrected chi connectivity index (χ0v) is 17.0. The average Bonchev–Trinajstić information content (AvgIpc) is 3.13. The van der Waals surface area contributed by atoms with E-state index >= 15 is 0 Å². The maximum absolute atomic E-state index is 13.1. The quantitative estimate of drug-likeness (QED) is 0.794. The highest BCUT2D eigenvalue weighted by Crippen LogP contribution is 2.65. The van der Waals surface area contributed by atoms with Gasteiger partial charge < -0.3 is 14.4 Å². The minimum absolute atomic E-state index is 0.0150. The summed E-state index contributed by atoms with van der Waals surface area (Å²) in [6, 6.07) is 13.6. The van der Waals surface area contributed by atoms with Crippen molar-refractivity contribution in [2.45, 2.75) is 35.9 Å². The van der Waals surface area contributed by atoms with Crippen molar-refractivity contribution in [2.75, 3.05) is 25.8 Å². The first-order valence-electron chi connectivity index (χ1n) is 10.4. The second-order valence-corrected chi connectivity index (χ2v) is 8.76. The molecule has 4 atom stereocenters.